The number of aromatic nitrogens is 2. The summed E-state index contributed by atoms with van der Waals surface area (Å²) in [5, 5.41) is 22.0. The summed E-state index contributed by atoms with van der Waals surface area (Å²) in [5.74, 6) is -1.18. The second-order valence-corrected chi connectivity index (χ2v) is 16.0. The van der Waals surface area contributed by atoms with Gasteiger partial charge in [-0.25, -0.2) is 0 Å². The maximum atomic E-state index is 12.3. The summed E-state index contributed by atoms with van der Waals surface area (Å²) >= 11 is 0. The van der Waals surface area contributed by atoms with Crippen LogP contribution in [0.5, 0.6) is 0 Å². The Labute approximate surface area is 297 Å². The Morgan fingerprint density at radius 2 is 1.10 bits per heavy atom. The molecule has 50 heavy (non-hydrogen) atoms. The number of carbonyl (C=O) groups is 2. The molecule has 4 rings (SSSR count). The number of pyridine rings is 2. The van der Waals surface area contributed by atoms with Crippen molar-refractivity contribution in [3.8, 4) is 0 Å². The SMILES string of the molecule is CC[C@@H]1O[C@H](c2ccncc2N)C[C@H](CC(=O)OC(C)(C)C)[C@@]1(C)O.CC[C@H]1O[C@@H](c2ccncc2N)C[C@@H](CC(=O)OC(C)(C)C)[C@]1(C)O. The number of esters is 2. The zero-order chi connectivity index (χ0) is 37.7. The molecule has 0 spiro atoms. The molecule has 0 unspecified atom stereocenters. The van der Waals surface area contributed by atoms with Gasteiger partial charge in [0.05, 0.1) is 72.2 Å². The molecular weight excluding hydrogens is 640 g/mol. The maximum absolute atomic E-state index is 12.3. The van der Waals surface area contributed by atoms with Gasteiger partial charge in [-0.15, -0.1) is 0 Å². The summed E-state index contributed by atoms with van der Waals surface area (Å²) in [6, 6.07) is 3.66. The first kappa shape index (κ1) is 41.1. The topological polar surface area (TPSA) is 189 Å². The second kappa shape index (κ2) is 16.4. The monoisotopic (exact) mass is 700 g/mol. The molecule has 0 radical (unpaired) electrons. The minimum Gasteiger partial charge on any atom is -0.460 e. The summed E-state index contributed by atoms with van der Waals surface area (Å²) in [7, 11) is 0. The highest BCUT2D eigenvalue weighted by molar-refractivity contribution is 5.71. The van der Waals surface area contributed by atoms with E-state index in [2.05, 4.69) is 9.97 Å². The van der Waals surface area contributed by atoms with Crippen LogP contribution in [-0.2, 0) is 28.5 Å². The molecule has 12 heteroatoms. The number of ether oxygens (including phenoxy) is 4. The third-order valence-corrected chi connectivity index (χ3v) is 9.49. The summed E-state index contributed by atoms with van der Waals surface area (Å²) in [5.41, 5.74) is 11.6. The zero-order valence-corrected chi connectivity index (χ0v) is 31.6. The van der Waals surface area contributed by atoms with Crippen molar-refractivity contribution in [2.24, 2.45) is 11.8 Å². The lowest BCUT2D eigenvalue weighted by Gasteiger charge is -2.46. The fourth-order valence-corrected chi connectivity index (χ4v) is 6.89. The molecular formula is C38H60N4O8. The molecule has 6 N–H and O–H groups in total. The molecule has 0 aliphatic carbocycles. The molecule has 0 aromatic carbocycles. The fourth-order valence-electron chi connectivity index (χ4n) is 6.89. The van der Waals surface area contributed by atoms with E-state index >= 15 is 0 Å². The molecule has 12 nitrogen and oxygen atoms in total. The molecule has 280 valence electrons. The molecule has 0 bridgehead atoms. The fraction of sp³-hybridized carbons (Fsp3) is 0.684. The van der Waals surface area contributed by atoms with Crippen molar-refractivity contribution in [1.82, 2.24) is 9.97 Å². The van der Waals surface area contributed by atoms with Crippen LogP contribution in [0.25, 0.3) is 0 Å². The van der Waals surface area contributed by atoms with Gasteiger partial charge in [-0.1, -0.05) is 13.8 Å². The van der Waals surface area contributed by atoms with Crippen LogP contribution in [-0.4, -0.2) is 66.7 Å². The standard InChI is InChI=1S/2C19H30N2O4/c2*1-6-16-19(5,23)12(10-17(22)25-18(2,3)4)9-15(24-16)13-7-8-21-11-14(13)20/h2*7-8,11-12,15-16,23H,6,9-10,20H2,1-5H3/t2*12-,15+,16+,19-/m10/s1. The van der Waals surface area contributed by atoms with Crippen molar-refractivity contribution in [3.63, 3.8) is 0 Å². The molecule has 0 amide bonds. The van der Waals surface area contributed by atoms with E-state index in [0.29, 0.717) is 37.1 Å². The van der Waals surface area contributed by atoms with Crippen molar-refractivity contribution in [2.45, 2.75) is 155 Å². The molecule has 2 aliphatic heterocycles. The summed E-state index contributed by atoms with van der Waals surface area (Å²) in [6.07, 6.45) is 7.77. The molecule has 8 atom stereocenters. The Kier molecular flexibility index (Phi) is 13.4. The first-order chi connectivity index (χ1) is 23.1. The number of aliphatic hydroxyl groups is 2. The van der Waals surface area contributed by atoms with Crippen LogP contribution in [0, 0.1) is 11.8 Å². The maximum Gasteiger partial charge on any atom is 0.306 e. The van der Waals surface area contributed by atoms with E-state index < -0.39 is 22.4 Å². The third-order valence-electron chi connectivity index (χ3n) is 9.49. The number of nitrogens with zero attached hydrogens (tertiary/aromatic N) is 2. The smallest absolute Gasteiger partial charge is 0.306 e. The van der Waals surface area contributed by atoms with Crippen LogP contribution in [0.15, 0.2) is 36.9 Å². The van der Waals surface area contributed by atoms with Gasteiger partial charge in [0, 0.05) is 35.4 Å². The Balaban J connectivity index is 0.000000270. The predicted molar refractivity (Wildman–Crippen MR) is 191 cm³/mol. The lowest BCUT2D eigenvalue weighted by atomic mass is 9.74. The van der Waals surface area contributed by atoms with Gasteiger partial charge in [-0.05, 0) is 93.2 Å². The molecule has 4 heterocycles. The summed E-state index contributed by atoms with van der Waals surface area (Å²) in [4.78, 5) is 32.6. The number of hydrogen-bond acceptors (Lipinski definition) is 12. The Morgan fingerprint density at radius 1 is 0.760 bits per heavy atom. The van der Waals surface area contributed by atoms with Crippen molar-refractivity contribution in [2.75, 3.05) is 11.5 Å². The minimum absolute atomic E-state index is 0.144. The number of carbonyl (C=O) groups excluding carboxylic acids is 2. The summed E-state index contributed by atoms with van der Waals surface area (Å²) < 4.78 is 23.1. The Hall–Kier alpha value is -3.32. The van der Waals surface area contributed by atoms with E-state index in [1.54, 1.807) is 38.6 Å². The molecule has 2 saturated heterocycles. The quantitative estimate of drug-likeness (QED) is 0.235. The first-order valence-corrected chi connectivity index (χ1v) is 17.7. The average Bonchev–Trinajstić information content (AvgIpc) is 2.98. The van der Waals surface area contributed by atoms with Gasteiger partial charge in [0.1, 0.15) is 11.2 Å². The van der Waals surface area contributed by atoms with E-state index in [1.807, 2.05) is 67.5 Å². The highest BCUT2D eigenvalue weighted by atomic mass is 16.6. The lowest BCUT2D eigenvalue weighted by Crippen LogP contribution is -2.52. The highest BCUT2D eigenvalue weighted by Gasteiger charge is 2.49. The van der Waals surface area contributed by atoms with Gasteiger partial charge < -0.3 is 40.6 Å². The summed E-state index contributed by atoms with van der Waals surface area (Å²) in [6.45, 7) is 18.4. The largest absolute Gasteiger partial charge is 0.460 e. The Bertz CT molecular complexity index is 1330. The van der Waals surface area contributed by atoms with Crippen molar-refractivity contribution < 1.29 is 38.7 Å². The molecule has 2 aliphatic rings. The van der Waals surface area contributed by atoms with E-state index in [9.17, 15) is 19.8 Å². The van der Waals surface area contributed by atoms with Gasteiger partial charge in [0.25, 0.3) is 0 Å². The number of nitrogen functional groups attached to an aromatic ring is 2. The van der Waals surface area contributed by atoms with Crippen LogP contribution < -0.4 is 11.5 Å². The van der Waals surface area contributed by atoms with Crippen LogP contribution in [0.1, 0.15) is 131 Å². The number of rotatable bonds is 8. The van der Waals surface area contributed by atoms with Gasteiger partial charge in [0.2, 0.25) is 0 Å². The number of nitrogens with two attached hydrogens (primary N) is 2. The normalized spacial score (nSPS) is 30.1. The van der Waals surface area contributed by atoms with E-state index in [1.165, 1.54) is 0 Å². The van der Waals surface area contributed by atoms with Crippen molar-refractivity contribution >= 4 is 23.3 Å². The van der Waals surface area contributed by atoms with Crippen LogP contribution in [0.4, 0.5) is 11.4 Å². The molecule has 2 aromatic heterocycles. The van der Waals surface area contributed by atoms with Gasteiger partial charge in [0.15, 0.2) is 0 Å². The molecule has 2 aromatic rings. The Morgan fingerprint density at radius 3 is 1.38 bits per heavy atom. The van der Waals surface area contributed by atoms with Gasteiger partial charge >= 0.3 is 11.9 Å². The van der Waals surface area contributed by atoms with Gasteiger partial charge in [-0.2, -0.15) is 0 Å². The van der Waals surface area contributed by atoms with Crippen LogP contribution in [0.2, 0.25) is 0 Å². The van der Waals surface area contributed by atoms with Crippen LogP contribution in [0.3, 0.4) is 0 Å². The van der Waals surface area contributed by atoms with E-state index in [4.69, 9.17) is 30.4 Å². The lowest BCUT2D eigenvalue weighted by molar-refractivity contribution is -0.206. The van der Waals surface area contributed by atoms with E-state index in [0.717, 1.165) is 11.1 Å². The first-order valence-electron chi connectivity index (χ1n) is 17.7. The third kappa shape index (κ3) is 10.8. The zero-order valence-electron chi connectivity index (χ0n) is 31.6. The molecule has 2 fully saturated rings. The average molecular weight is 701 g/mol. The number of anilines is 2. The van der Waals surface area contributed by atoms with E-state index in [-0.39, 0.29) is 61.0 Å². The van der Waals surface area contributed by atoms with Crippen molar-refractivity contribution in [1.29, 1.82) is 0 Å². The minimum atomic E-state index is -1.11. The number of hydrogen-bond donors (Lipinski definition) is 4. The second-order valence-electron chi connectivity index (χ2n) is 16.0. The highest BCUT2D eigenvalue weighted by Crippen LogP contribution is 2.46. The predicted octanol–water partition coefficient (Wildman–Crippen LogP) is 6.01. The van der Waals surface area contributed by atoms with Gasteiger partial charge in [-0.3, -0.25) is 19.6 Å². The molecule has 0 saturated carbocycles. The van der Waals surface area contributed by atoms with Crippen LogP contribution >= 0.6 is 0 Å². The van der Waals surface area contributed by atoms with Crippen molar-refractivity contribution in [3.05, 3.63) is 48.0 Å².